The summed E-state index contributed by atoms with van der Waals surface area (Å²) in [5, 5.41) is 4.68. The molecule has 2 aromatic rings. The summed E-state index contributed by atoms with van der Waals surface area (Å²) in [6, 6.07) is 4.09. The van der Waals surface area contributed by atoms with E-state index in [4.69, 9.17) is 4.98 Å². The number of thiazole rings is 1. The third-order valence-corrected chi connectivity index (χ3v) is 4.30. The van der Waals surface area contributed by atoms with Gasteiger partial charge in [-0.3, -0.25) is 4.98 Å². The fraction of sp³-hybridized carbons (Fsp3) is 0.529. The van der Waals surface area contributed by atoms with Gasteiger partial charge in [0, 0.05) is 35.7 Å². The molecule has 0 bridgehead atoms. The fourth-order valence-corrected chi connectivity index (χ4v) is 3.52. The molecule has 114 valence electrons. The van der Waals surface area contributed by atoms with Crippen molar-refractivity contribution in [1.82, 2.24) is 15.3 Å². The van der Waals surface area contributed by atoms with Gasteiger partial charge in [0.25, 0.3) is 0 Å². The smallest absolute Gasteiger partial charge is 0.0976 e. The topological polar surface area (TPSA) is 37.8 Å². The van der Waals surface area contributed by atoms with Crippen molar-refractivity contribution in [2.45, 2.75) is 52.5 Å². The lowest BCUT2D eigenvalue weighted by Crippen LogP contribution is -2.19. The van der Waals surface area contributed by atoms with Gasteiger partial charge in [0.05, 0.1) is 10.7 Å². The summed E-state index contributed by atoms with van der Waals surface area (Å²) in [7, 11) is 0. The zero-order valence-electron chi connectivity index (χ0n) is 13.4. The van der Waals surface area contributed by atoms with E-state index in [0.29, 0.717) is 0 Å². The minimum absolute atomic E-state index is 0.0902. The lowest BCUT2D eigenvalue weighted by Gasteiger charge is -2.17. The number of aromatic nitrogens is 2. The maximum Gasteiger partial charge on any atom is 0.0976 e. The van der Waals surface area contributed by atoms with Gasteiger partial charge in [-0.15, -0.1) is 11.3 Å². The Bertz CT molecular complexity index is 555. The lowest BCUT2D eigenvalue weighted by atomic mass is 9.91. The van der Waals surface area contributed by atoms with Crippen LogP contribution in [0.15, 0.2) is 24.5 Å². The molecule has 2 heterocycles. The third-order valence-electron chi connectivity index (χ3n) is 3.24. The van der Waals surface area contributed by atoms with E-state index in [1.807, 2.05) is 29.8 Å². The number of hydrogen-bond acceptors (Lipinski definition) is 4. The van der Waals surface area contributed by atoms with Crippen molar-refractivity contribution in [2.75, 3.05) is 6.54 Å². The summed E-state index contributed by atoms with van der Waals surface area (Å²) in [6.45, 7) is 10.9. The minimum Gasteiger partial charge on any atom is -0.312 e. The predicted octanol–water partition coefficient (Wildman–Crippen LogP) is 3.93. The Kier molecular flexibility index (Phi) is 5.48. The van der Waals surface area contributed by atoms with Crippen molar-refractivity contribution in [1.29, 1.82) is 0 Å². The summed E-state index contributed by atoms with van der Waals surface area (Å²) in [4.78, 5) is 10.5. The average molecular weight is 303 g/mol. The minimum atomic E-state index is 0.0902. The van der Waals surface area contributed by atoms with E-state index in [0.717, 1.165) is 25.9 Å². The summed E-state index contributed by atoms with van der Waals surface area (Å²) in [6.07, 6.45) is 5.76. The Labute approximate surface area is 131 Å². The molecule has 3 nitrogen and oxygen atoms in total. The molecule has 0 amide bonds. The van der Waals surface area contributed by atoms with Crippen LogP contribution in [-0.2, 0) is 18.4 Å². The van der Waals surface area contributed by atoms with Crippen LogP contribution in [0.4, 0.5) is 0 Å². The Balaban J connectivity index is 2.19. The Hall–Kier alpha value is -1.26. The van der Waals surface area contributed by atoms with Crippen molar-refractivity contribution in [2.24, 2.45) is 0 Å². The SMILES string of the molecule is CCCNCc1sc(Cc2cccnc2)nc1C(C)(C)C. The molecule has 0 atom stereocenters. The molecule has 0 unspecified atom stereocenters. The molecular formula is C17H25N3S. The molecule has 0 saturated heterocycles. The van der Waals surface area contributed by atoms with Crippen molar-refractivity contribution in [3.63, 3.8) is 0 Å². The van der Waals surface area contributed by atoms with Gasteiger partial charge in [0.1, 0.15) is 0 Å². The largest absolute Gasteiger partial charge is 0.312 e. The molecule has 0 saturated carbocycles. The molecule has 21 heavy (non-hydrogen) atoms. The van der Waals surface area contributed by atoms with Crippen LogP contribution < -0.4 is 5.32 Å². The highest BCUT2D eigenvalue weighted by atomic mass is 32.1. The zero-order valence-corrected chi connectivity index (χ0v) is 14.3. The van der Waals surface area contributed by atoms with E-state index in [1.54, 1.807) is 0 Å². The second kappa shape index (κ2) is 7.14. The number of nitrogens with zero attached hydrogens (tertiary/aromatic N) is 2. The third kappa shape index (κ3) is 4.61. The van der Waals surface area contributed by atoms with Crippen molar-refractivity contribution < 1.29 is 0 Å². The van der Waals surface area contributed by atoms with Gasteiger partial charge in [0.2, 0.25) is 0 Å². The van der Waals surface area contributed by atoms with Crippen molar-refractivity contribution in [3.8, 4) is 0 Å². The Morgan fingerprint density at radius 3 is 2.71 bits per heavy atom. The van der Waals surface area contributed by atoms with E-state index in [2.05, 4.69) is 44.1 Å². The summed E-state index contributed by atoms with van der Waals surface area (Å²) >= 11 is 1.83. The van der Waals surface area contributed by atoms with E-state index >= 15 is 0 Å². The van der Waals surface area contributed by atoms with Gasteiger partial charge in [-0.1, -0.05) is 33.8 Å². The Morgan fingerprint density at radius 2 is 2.10 bits per heavy atom. The first kappa shape index (κ1) is 16.1. The monoisotopic (exact) mass is 303 g/mol. The van der Waals surface area contributed by atoms with E-state index in [1.165, 1.54) is 21.1 Å². The second-order valence-corrected chi connectivity index (χ2v) is 7.51. The highest BCUT2D eigenvalue weighted by Gasteiger charge is 2.23. The van der Waals surface area contributed by atoms with Gasteiger partial charge >= 0.3 is 0 Å². The van der Waals surface area contributed by atoms with Crippen LogP contribution >= 0.6 is 11.3 Å². The number of pyridine rings is 1. The molecule has 0 aliphatic carbocycles. The van der Waals surface area contributed by atoms with Crippen LogP contribution in [0.25, 0.3) is 0 Å². The Morgan fingerprint density at radius 1 is 1.29 bits per heavy atom. The summed E-state index contributed by atoms with van der Waals surface area (Å²) < 4.78 is 0. The maximum absolute atomic E-state index is 4.91. The molecule has 0 spiro atoms. The van der Waals surface area contributed by atoms with Crippen LogP contribution in [-0.4, -0.2) is 16.5 Å². The van der Waals surface area contributed by atoms with Gasteiger partial charge < -0.3 is 5.32 Å². The molecule has 0 radical (unpaired) electrons. The average Bonchev–Trinajstić information content (AvgIpc) is 2.83. The quantitative estimate of drug-likeness (QED) is 0.822. The van der Waals surface area contributed by atoms with Crippen molar-refractivity contribution >= 4 is 11.3 Å². The molecule has 4 heteroatoms. The molecule has 0 aromatic carbocycles. The maximum atomic E-state index is 4.91. The predicted molar refractivity (Wildman–Crippen MR) is 89.9 cm³/mol. The molecule has 1 N–H and O–H groups in total. The zero-order chi connectivity index (χ0) is 15.3. The first-order chi connectivity index (χ1) is 10.0. The van der Waals surface area contributed by atoms with Crippen LogP contribution in [0, 0.1) is 0 Å². The van der Waals surface area contributed by atoms with Crippen LogP contribution in [0.2, 0.25) is 0 Å². The highest BCUT2D eigenvalue weighted by molar-refractivity contribution is 7.11. The van der Waals surface area contributed by atoms with Gasteiger partial charge in [-0.05, 0) is 24.6 Å². The van der Waals surface area contributed by atoms with Crippen LogP contribution in [0.1, 0.15) is 55.3 Å². The molecule has 2 rings (SSSR count). The lowest BCUT2D eigenvalue weighted by molar-refractivity contribution is 0.557. The summed E-state index contributed by atoms with van der Waals surface area (Å²) in [5.41, 5.74) is 2.54. The standard InChI is InChI=1S/C17H25N3S/c1-5-8-18-12-14-16(17(2,3)4)20-15(21-14)10-13-7-6-9-19-11-13/h6-7,9,11,18H,5,8,10,12H2,1-4H3. The molecule has 0 aliphatic rings. The summed E-state index contributed by atoms with van der Waals surface area (Å²) in [5.74, 6) is 0. The second-order valence-electron chi connectivity index (χ2n) is 6.34. The van der Waals surface area contributed by atoms with Gasteiger partial charge in [0.15, 0.2) is 0 Å². The molecule has 0 aliphatic heterocycles. The fourth-order valence-electron chi connectivity index (χ4n) is 2.24. The first-order valence-electron chi connectivity index (χ1n) is 7.59. The number of nitrogens with one attached hydrogen (secondary N) is 1. The normalized spacial score (nSPS) is 11.8. The molecule has 2 aromatic heterocycles. The van der Waals surface area contributed by atoms with Crippen LogP contribution in [0.5, 0.6) is 0 Å². The molecular weight excluding hydrogens is 278 g/mol. The van der Waals surface area contributed by atoms with E-state index < -0.39 is 0 Å². The molecule has 0 fully saturated rings. The highest BCUT2D eigenvalue weighted by Crippen LogP contribution is 2.30. The van der Waals surface area contributed by atoms with E-state index in [-0.39, 0.29) is 5.41 Å². The van der Waals surface area contributed by atoms with Gasteiger partial charge in [-0.2, -0.15) is 0 Å². The van der Waals surface area contributed by atoms with E-state index in [9.17, 15) is 0 Å². The first-order valence-corrected chi connectivity index (χ1v) is 8.41. The van der Waals surface area contributed by atoms with Crippen LogP contribution in [0.3, 0.4) is 0 Å². The number of hydrogen-bond donors (Lipinski definition) is 1. The van der Waals surface area contributed by atoms with Gasteiger partial charge in [-0.25, -0.2) is 4.98 Å². The number of rotatable bonds is 6. The van der Waals surface area contributed by atoms with Crippen molar-refractivity contribution in [3.05, 3.63) is 45.7 Å².